The molecule has 2 rings (SSSR count). The highest BCUT2D eigenvalue weighted by Gasteiger charge is 2.13. The molecule has 7 heteroatoms. The van der Waals surface area contributed by atoms with Crippen molar-refractivity contribution in [1.29, 1.82) is 0 Å². The van der Waals surface area contributed by atoms with Gasteiger partial charge in [-0.25, -0.2) is 4.68 Å². The third kappa shape index (κ3) is 4.43. The Morgan fingerprint density at radius 1 is 1.10 bits per heavy atom. The zero-order valence-electron chi connectivity index (χ0n) is 11.2. The SMILES string of the molecule is O=C(O)CN(CC(=O)O)Cc1ccc(-n2cccn2)cc1. The molecular formula is C14H15N3O4. The number of aliphatic carboxylic acids is 2. The Balaban J connectivity index is 2.06. The number of nitrogens with zero attached hydrogens (tertiary/aromatic N) is 3. The van der Waals surface area contributed by atoms with Crippen LogP contribution in [0.5, 0.6) is 0 Å². The van der Waals surface area contributed by atoms with Gasteiger partial charge in [-0.05, 0) is 23.8 Å². The van der Waals surface area contributed by atoms with E-state index in [1.165, 1.54) is 4.90 Å². The largest absolute Gasteiger partial charge is 0.480 e. The summed E-state index contributed by atoms with van der Waals surface area (Å²) < 4.78 is 1.70. The maximum absolute atomic E-state index is 10.7. The van der Waals surface area contributed by atoms with Crippen LogP contribution in [0.3, 0.4) is 0 Å². The van der Waals surface area contributed by atoms with Gasteiger partial charge in [0.15, 0.2) is 0 Å². The summed E-state index contributed by atoms with van der Waals surface area (Å²) in [5, 5.41) is 21.7. The molecule has 0 aliphatic rings. The van der Waals surface area contributed by atoms with Crippen molar-refractivity contribution in [2.45, 2.75) is 6.54 Å². The first kappa shape index (κ1) is 14.7. The van der Waals surface area contributed by atoms with Crippen molar-refractivity contribution in [3.8, 4) is 5.69 Å². The Morgan fingerprint density at radius 2 is 1.71 bits per heavy atom. The Kier molecular flexibility index (Phi) is 4.68. The molecule has 110 valence electrons. The lowest BCUT2D eigenvalue weighted by molar-refractivity contribution is -0.142. The summed E-state index contributed by atoms with van der Waals surface area (Å²) in [6, 6.07) is 9.17. The summed E-state index contributed by atoms with van der Waals surface area (Å²) in [6.07, 6.45) is 3.49. The van der Waals surface area contributed by atoms with Crippen LogP contribution >= 0.6 is 0 Å². The van der Waals surface area contributed by atoms with Crippen LogP contribution in [0.2, 0.25) is 0 Å². The molecule has 0 spiro atoms. The molecule has 0 amide bonds. The van der Waals surface area contributed by atoms with Gasteiger partial charge in [0.05, 0.1) is 18.8 Å². The number of carbonyl (C=O) groups is 2. The minimum Gasteiger partial charge on any atom is -0.480 e. The van der Waals surface area contributed by atoms with Crippen LogP contribution in [0.25, 0.3) is 5.69 Å². The first-order chi connectivity index (χ1) is 10.0. The summed E-state index contributed by atoms with van der Waals surface area (Å²) in [5.41, 5.74) is 1.72. The van der Waals surface area contributed by atoms with E-state index < -0.39 is 11.9 Å². The fraction of sp³-hybridized carbons (Fsp3) is 0.214. The maximum Gasteiger partial charge on any atom is 0.317 e. The molecule has 0 bridgehead atoms. The Labute approximate surface area is 121 Å². The van der Waals surface area contributed by atoms with E-state index in [2.05, 4.69) is 5.10 Å². The van der Waals surface area contributed by atoms with Crippen LogP contribution in [0.1, 0.15) is 5.56 Å². The lowest BCUT2D eigenvalue weighted by Crippen LogP contribution is -2.33. The van der Waals surface area contributed by atoms with E-state index in [4.69, 9.17) is 10.2 Å². The fourth-order valence-corrected chi connectivity index (χ4v) is 1.98. The van der Waals surface area contributed by atoms with Crippen molar-refractivity contribution in [3.05, 3.63) is 48.3 Å². The van der Waals surface area contributed by atoms with Crippen molar-refractivity contribution in [3.63, 3.8) is 0 Å². The molecule has 0 aliphatic heterocycles. The molecule has 1 aromatic heterocycles. The van der Waals surface area contributed by atoms with E-state index in [0.29, 0.717) is 0 Å². The highest BCUT2D eigenvalue weighted by Crippen LogP contribution is 2.10. The highest BCUT2D eigenvalue weighted by molar-refractivity contribution is 5.72. The fourth-order valence-electron chi connectivity index (χ4n) is 1.98. The first-order valence-corrected chi connectivity index (χ1v) is 6.29. The third-order valence-corrected chi connectivity index (χ3v) is 2.83. The molecule has 0 saturated carbocycles. The number of carboxylic acid groups (broad SMARTS) is 2. The predicted octanol–water partition coefficient (Wildman–Crippen LogP) is 0.843. The van der Waals surface area contributed by atoms with Crippen LogP contribution in [-0.4, -0.2) is 49.9 Å². The zero-order valence-corrected chi connectivity index (χ0v) is 11.2. The number of benzene rings is 1. The van der Waals surface area contributed by atoms with E-state index >= 15 is 0 Å². The first-order valence-electron chi connectivity index (χ1n) is 6.29. The van der Waals surface area contributed by atoms with Crippen LogP contribution in [-0.2, 0) is 16.1 Å². The van der Waals surface area contributed by atoms with Crippen molar-refractivity contribution in [2.24, 2.45) is 0 Å². The molecule has 0 fully saturated rings. The Bertz CT molecular complexity index is 592. The average Bonchev–Trinajstić information content (AvgIpc) is 2.91. The number of aromatic nitrogens is 2. The van der Waals surface area contributed by atoms with Crippen molar-refractivity contribution >= 4 is 11.9 Å². The van der Waals surface area contributed by atoms with Gasteiger partial charge in [0.25, 0.3) is 0 Å². The van der Waals surface area contributed by atoms with Crippen LogP contribution in [0.4, 0.5) is 0 Å². The standard InChI is InChI=1S/C14H15N3O4/c18-13(19)9-16(10-14(20)21)8-11-2-4-12(5-3-11)17-7-1-6-15-17/h1-7H,8-10H2,(H,18,19)(H,20,21). The van der Waals surface area contributed by atoms with Gasteiger partial charge in [-0.3, -0.25) is 14.5 Å². The molecule has 0 aliphatic carbocycles. The summed E-state index contributed by atoms with van der Waals surface area (Å²) in [5.74, 6) is -2.10. The van der Waals surface area contributed by atoms with Gasteiger partial charge < -0.3 is 10.2 Å². The molecular weight excluding hydrogens is 274 g/mol. The quantitative estimate of drug-likeness (QED) is 0.784. The minimum atomic E-state index is -1.05. The topological polar surface area (TPSA) is 95.7 Å². The van der Waals surface area contributed by atoms with E-state index in [1.807, 2.05) is 36.5 Å². The highest BCUT2D eigenvalue weighted by atomic mass is 16.4. The maximum atomic E-state index is 10.7. The normalized spacial score (nSPS) is 10.7. The molecule has 7 nitrogen and oxygen atoms in total. The monoisotopic (exact) mass is 289 g/mol. The van der Waals surface area contributed by atoms with Crippen molar-refractivity contribution in [2.75, 3.05) is 13.1 Å². The van der Waals surface area contributed by atoms with Gasteiger partial charge >= 0.3 is 11.9 Å². The molecule has 1 aromatic carbocycles. The van der Waals surface area contributed by atoms with Gasteiger partial charge in [-0.1, -0.05) is 12.1 Å². The Morgan fingerprint density at radius 3 is 2.19 bits per heavy atom. The Hall–Kier alpha value is -2.67. The number of hydrogen-bond acceptors (Lipinski definition) is 4. The molecule has 0 radical (unpaired) electrons. The van der Waals surface area contributed by atoms with E-state index in [9.17, 15) is 9.59 Å². The summed E-state index contributed by atoms with van der Waals surface area (Å²) in [7, 11) is 0. The van der Waals surface area contributed by atoms with E-state index in [0.717, 1.165) is 11.3 Å². The van der Waals surface area contributed by atoms with Crippen molar-refractivity contribution < 1.29 is 19.8 Å². The molecule has 0 unspecified atom stereocenters. The van der Waals surface area contributed by atoms with Crippen LogP contribution < -0.4 is 0 Å². The second-order valence-electron chi connectivity index (χ2n) is 4.55. The smallest absolute Gasteiger partial charge is 0.317 e. The molecule has 2 N–H and O–H groups in total. The summed E-state index contributed by atoms with van der Waals surface area (Å²) in [4.78, 5) is 22.8. The van der Waals surface area contributed by atoms with Gasteiger partial charge in [0.1, 0.15) is 0 Å². The lowest BCUT2D eigenvalue weighted by Gasteiger charge is -2.18. The van der Waals surface area contributed by atoms with Gasteiger partial charge in [-0.2, -0.15) is 5.10 Å². The zero-order chi connectivity index (χ0) is 15.2. The van der Waals surface area contributed by atoms with E-state index in [-0.39, 0.29) is 19.6 Å². The summed E-state index contributed by atoms with van der Waals surface area (Å²) >= 11 is 0. The second kappa shape index (κ2) is 6.67. The third-order valence-electron chi connectivity index (χ3n) is 2.83. The molecule has 21 heavy (non-hydrogen) atoms. The second-order valence-corrected chi connectivity index (χ2v) is 4.55. The van der Waals surface area contributed by atoms with Crippen molar-refractivity contribution in [1.82, 2.24) is 14.7 Å². The lowest BCUT2D eigenvalue weighted by atomic mass is 10.2. The number of rotatable bonds is 7. The van der Waals surface area contributed by atoms with Crippen LogP contribution in [0, 0.1) is 0 Å². The molecule has 2 aromatic rings. The molecule has 1 heterocycles. The average molecular weight is 289 g/mol. The molecule has 0 saturated heterocycles. The predicted molar refractivity (Wildman–Crippen MR) is 74.1 cm³/mol. The van der Waals surface area contributed by atoms with Gasteiger partial charge in [0.2, 0.25) is 0 Å². The van der Waals surface area contributed by atoms with Crippen LogP contribution in [0.15, 0.2) is 42.7 Å². The van der Waals surface area contributed by atoms with E-state index in [1.54, 1.807) is 10.9 Å². The molecule has 0 atom stereocenters. The van der Waals surface area contributed by atoms with Gasteiger partial charge in [-0.15, -0.1) is 0 Å². The van der Waals surface area contributed by atoms with Gasteiger partial charge in [0, 0.05) is 18.9 Å². The number of carboxylic acids is 2. The number of hydrogen-bond donors (Lipinski definition) is 2. The minimum absolute atomic E-state index is 0.262. The summed E-state index contributed by atoms with van der Waals surface area (Å²) in [6.45, 7) is -0.363.